The summed E-state index contributed by atoms with van der Waals surface area (Å²) in [6.07, 6.45) is -3.20. The van der Waals surface area contributed by atoms with Crippen molar-refractivity contribution in [3.8, 4) is 5.75 Å². The van der Waals surface area contributed by atoms with Gasteiger partial charge in [0.05, 0.1) is 17.6 Å². The minimum Gasteiger partial charge on any atom is -0.496 e. The molecule has 3 amide bonds. The second-order valence-corrected chi connectivity index (χ2v) is 9.39. The minimum atomic E-state index is -4.29. The molecule has 1 saturated carbocycles. The lowest BCUT2D eigenvalue weighted by Crippen LogP contribution is -2.45. The number of rotatable bonds is 8. The summed E-state index contributed by atoms with van der Waals surface area (Å²) in [5.41, 5.74) is 1.01. The fraction of sp³-hybridized carbons (Fsp3) is 0.391. The Morgan fingerprint density at radius 3 is 2.48 bits per heavy atom. The van der Waals surface area contributed by atoms with Crippen molar-refractivity contribution in [3.05, 3.63) is 58.6 Å². The van der Waals surface area contributed by atoms with Crippen LogP contribution < -0.4 is 20.1 Å². The molecular weight excluding hydrogens is 466 g/mol. The maximum absolute atomic E-state index is 12.6. The van der Waals surface area contributed by atoms with Gasteiger partial charge in [-0.25, -0.2) is 17.9 Å². The average Bonchev–Trinajstić information content (AvgIpc) is 2.81. The highest BCUT2D eigenvalue weighted by atomic mass is 35.5. The van der Waals surface area contributed by atoms with Gasteiger partial charge in [0.2, 0.25) is 0 Å². The highest BCUT2D eigenvalue weighted by Crippen LogP contribution is 2.22. The molecule has 0 atom stereocenters. The third-order valence-electron chi connectivity index (χ3n) is 4.89. The summed E-state index contributed by atoms with van der Waals surface area (Å²) < 4.78 is 64.3. The Morgan fingerprint density at radius 1 is 1.12 bits per heavy atom. The van der Waals surface area contributed by atoms with Gasteiger partial charge in [0.15, 0.2) is 0 Å². The molecule has 0 aromatic heterocycles. The van der Waals surface area contributed by atoms with Gasteiger partial charge in [0.1, 0.15) is 5.75 Å². The van der Waals surface area contributed by atoms with Crippen molar-refractivity contribution in [1.82, 2.24) is 15.4 Å². The number of amides is 3. The first-order valence-corrected chi connectivity index (χ1v) is 12.2. The lowest BCUT2D eigenvalue weighted by molar-refractivity contribution is 0.0951. The van der Waals surface area contributed by atoms with E-state index in [0.717, 1.165) is 5.56 Å². The number of ether oxygens (including phenoxy) is 1. The summed E-state index contributed by atoms with van der Waals surface area (Å²) in [5.74, 6) is 0.00393. The zero-order chi connectivity index (χ0) is 27.4. The fourth-order valence-corrected chi connectivity index (χ4v) is 4.29. The highest BCUT2D eigenvalue weighted by molar-refractivity contribution is 7.90. The summed E-state index contributed by atoms with van der Waals surface area (Å²) in [7, 11) is -2.84. The van der Waals surface area contributed by atoms with Gasteiger partial charge in [-0.15, -0.1) is 0 Å². The van der Waals surface area contributed by atoms with E-state index in [9.17, 15) is 18.0 Å². The van der Waals surface area contributed by atoms with Crippen LogP contribution in [0.25, 0.3) is 0 Å². The van der Waals surface area contributed by atoms with Crippen molar-refractivity contribution in [2.45, 2.75) is 49.4 Å². The number of hydrogen-bond donors (Lipinski definition) is 3. The van der Waals surface area contributed by atoms with Crippen molar-refractivity contribution < 1.29 is 28.2 Å². The first kappa shape index (κ1) is 19.7. The standard InChI is InChI=1S/C23H28ClN3O5S/c1-32-21-12-9-17(24)15-20(21)22(28)25-14-13-16-7-10-19(11-8-16)33(30,31)27-23(29)26-18-5-3-2-4-6-18/h7-12,15,18H,2-6,13-14H2,1H3,(H,25,28)(H2,26,27,29)/i5D2,6D2. The van der Waals surface area contributed by atoms with Gasteiger partial charge in [-0.2, -0.15) is 0 Å². The van der Waals surface area contributed by atoms with Crippen LogP contribution in [0.5, 0.6) is 5.75 Å². The molecule has 0 saturated heterocycles. The molecule has 0 spiro atoms. The Kier molecular flexibility index (Phi) is 6.78. The van der Waals surface area contributed by atoms with Crippen LogP contribution in [-0.2, 0) is 16.4 Å². The van der Waals surface area contributed by atoms with E-state index in [-0.39, 0.29) is 35.8 Å². The fourth-order valence-electron chi connectivity index (χ4n) is 3.21. The Morgan fingerprint density at radius 2 is 1.82 bits per heavy atom. The molecule has 1 aliphatic rings. The molecule has 2 aromatic rings. The molecule has 3 N–H and O–H groups in total. The topological polar surface area (TPSA) is 114 Å². The SMILES string of the molecule is [2H]C1([2H])CCCC([2H])([2H])C1NC(=O)NS(=O)(=O)c1ccc(CCNC(=O)c2cc(Cl)ccc2OC)cc1. The number of halogens is 1. The Balaban J connectivity index is 1.57. The number of methoxy groups -OCH3 is 1. The average molecular weight is 498 g/mol. The number of carbonyl (C=O) groups excluding carboxylic acids is 2. The summed E-state index contributed by atoms with van der Waals surface area (Å²) >= 11 is 5.96. The van der Waals surface area contributed by atoms with E-state index in [0.29, 0.717) is 23.6 Å². The quantitative estimate of drug-likeness (QED) is 0.515. The van der Waals surface area contributed by atoms with Gasteiger partial charge < -0.3 is 15.4 Å². The van der Waals surface area contributed by atoms with Crippen LogP contribution in [-0.4, -0.2) is 40.1 Å². The van der Waals surface area contributed by atoms with Crippen LogP contribution in [0.3, 0.4) is 0 Å². The van der Waals surface area contributed by atoms with E-state index < -0.39 is 34.8 Å². The third kappa shape index (κ3) is 7.10. The van der Waals surface area contributed by atoms with Crippen LogP contribution in [0, 0.1) is 0 Å². The van der Waals surface area contributed by atoms with E-state index >= 15 is 0 Å². The molecule has 0 unspecified atom stereocenters. The number of nitrogens with one attached hydrogen (secondary N) is 3. The normalized spacial score (nSPS) is 19.2. The first-order chi connectivity index (χ1) is 17.2. The zero-order valence-electron chi connectivity index (χ0n) is 22.0. The molecule has 3 rings (SSSR count). The largest absolute Gasteiger partial charge is 0.496 e. The van der Waals surface area contributed by atoms with Crippen LogP contribution in [0.4, 0.5) is 4.79 Å². The van der Waals surface area contributed by atoms with E-state index in [1.165, 1.54) is 37.4 Å². The summed E-state index contributed by atoms with van der Waals surface area (Å²) in [6, 6.07) is 7.67. The van der Waals surface area contributed by atoms with Gasteiger partial charge in [-0.1, -0.05) is 43.0 Å². The molecule has 1 fully saturated rings. The number of urea groups is 1. The number of sulfonamides is 1. The summed E-state index contributed by atoms with van der Waals surface area (Å²) in [6.45, 7) is 0.257. The predicted molar refractivity (Wildman–Crippen MR) is 126 cm³/mol. The van der Waals surface area contributed by atoms with Gasteiger partial charge in [-0.3, -0.25) is 4.79 Å². The highest BCUT2D eigenvalue weighted by Gasteiger charge is 2.21. The molecule has 0 radical (unpaired) electrons. The molecule has 0 heterocycles. The lowest BCUT2D eigenvalue weighted by Gasteiger charge is -2.22. The minimum absolute atomic E-state index is 0.0543. The maximum atomic E-state index is 12.6. The van der Waals surface area contributed by atoms with E-state index in [1.807, 2.05) is 4.72 Å². The van der Waals surface area contributed by atoms with Crippen molar-refractivity contribution >= 4 is 33.6 Å². The second-order valence-electron chi connectivity index (χ2n) is 7.27. The predicted octanol–water partition coefficient (Wildman–Crippen LogP) is 3.64. The van der Waals surface area contributed by atoms with Crippen molar-refractivity contribution in [3.63, 3.8) is 0 Å². The van der Waals surface area contributed by atoms with Crippen LogP contribution in [0.2, 0.25) is 5.02 Å². The van der Waals surface area contributed by atoms with Crippen molar-refractivity contribution in [2.75, 3.05) is 13.7 Å². The monoisotopic (exact) mass is 497 g/mol. The first-order valence-electron chi connectivity index (χ1n) is 12.3. The molecule has 10 heteroatoms. The van der Waals surface area contributed by atoms with Crippen LogP contribution in [0.1, 0.15) is 53.4 Å². The van der Waals surface area contributed by atoms with Gasteiger partial charge in [0, 0.05) is 23.1 Å². The molecular formula is C23H28ClN3O5S. The molecule has 2 aromatic carbocycles. The summed E-state index contributed by atoms with van der Waals surface area (Å²) in [4.78, 5) is 24.6. The Hall–Kier alpha value is -2.78. The smallest absolute Gasteiger partial charge is 0.328 e. The molecule has 33 heavy (non-hydrogen) atoms. The van der Waals surface area contributed by atoms with E-state index in [4.69, 9.17) is 21.8 Å². The van der Waals surface area contributed by atoms with E-state index in [1.54, 1.807) is 12.1 Å². The van der Waals surface area contributed by atoms with Gasteiger partial charge in [0.25, 0.3) is 15.9 Å². The van der Waals surface area contributed by atoms with E-state index in [2.05, 4.69) is 10.6 Å². The third-order valence-corrected chi connectivity index (χ3v) is 6.47. The molecule has 1 aliphatic carbocycles. The van der Waals surface area contributed by atoms with Crippen molar-refractivity contribution in [1.29, 1.82) is 0 Å². The van der Waals surface area contributed by atoms with Gasteiger partial charge in [-0.05, 0) is 55.1 Å². The molecule has 0 aliphatic heterocycles. The molecule has 0 bridgehead atoms. The van der Waals surface area contributed by atoms with Gasteiger partial charge >= 0.3 is 6.03 Å². The van der Waals surface area contributed by atoms with Crippen molar-refractivity contribution in [2.24, 2.45) is 0 Å². The Bertz CT molecular complexity index is 1240. The van der Waals surface area contributed by atoms with Crippen LogP contribution >= 0.6 is 11.6 Å². The number of carbonyl (C=O) groups is 2. The zero-order valence-corrected chi connectivity index (χ0v) is 19.6. The molecule has 8 nitrogen and oxygen atoms in total. The maximum Gasteiger partial charge on any atom is 0.328 e. The molecule has 178 valence electrons. The summed E-state index contributed by atoms with van der Waals surface area (Å²) in [5, 5.41) is 5.30. The number of benzene rings is 2. The number of hydrogen-bond acceptors (Lipinski definition) is 5. The second kappa shape index (κ2) is 11.4. The Labute approximate surface area is 204 Å². The van der Waals surface area contributed by atoms with Crippen LogP contribution in [0.15, 0.2) is 47.4 Å². The lowest BCUT2D eigenvalue weighted by atomic mass is 9.96.